The summed E-state index contributed by atoms with van der Waals surface area (Å²) in [5, 5.41) is 2.91. The number of nitrogens with one attached hydrogen (secondary N) is 1. The molecule has 3 heterocycles. The Hall–Kier alpha value is -5.02. The zero-order valence-electron chi connectivity index (χ0n) is 24.5. The zero-order chi connectivity index (χ0) is 29.8. The number of fused-ring (bicyclic) bond motifs is 2. The number of aromatic nitrogens is 2. The minimum Gasteiger partial charge on any atom is -0.497 e. The van der Waals surface area contributed by atoms with Gasteiger partial charge in [0.1, 0.15) is 17.1 Å². The molecule has 0 radical (unpaired) electrons. The molecular weight excluding hydrogens is 544 g/mol. The highest BCUT2D eigenvalue weighted by molar-refractivity contribution is 5.92. The summed E-state index contributed by atoms with van der Waals surface area (Å²) in [5.41, 5.74) is 7.14. The molecule has 0 saturated carbocycles. The van der Waals surface area contributed by atoms with Crippen molar-refractivity contribution in [2.75, 3.05) is 39.8 Å². The molecule has 220 valence electrons. The number of hydrogen-bond acceptors (Lipinski definition) is 7. The molecule has 0 fully saturated rings. The Balaban J connectivity index is 1.17. The summed E-state index contributed by atoms with van der Waals surface area (Å²) in [6.45, 7) is 2.36. The zero-order valence-corrected chi connectivity index (χ0v) is 24.5. The lowest BCUT2D eigenvalue weighted by Gasteiger charge is -2.29. The first-order chi connectivity index (χ1) is 21.0. The van der Waals surface area contributed by atoms with Crippen molar-refractivity contribution < 1.29 is 23.7 Å². The van der Waals surface area contributed by atoms with Gasteiger partial charge < -0.3 is 28.7 Å². The van der Waals surface area contributed by atoms with Crippen molar-refractivity contribution in [1.82, 2.24) is 14.3 Å². The van der Waals surface area contributed by atoms with Crippen LogP contribution >= 0.6 is 0 Å². The fourth-order valence-electron chi connectivity index (χ4n) is 5.45. The first-order valence-electron chi connectivity index (χ1n) is 14.1. The predicted molar refractivity (Wildman–Crippen MR) is 165 cm³/mol. The number of rotatable bonds is 10. The maximum Gasteiger partial charge on any atom is 0.262 e. The predicted octanol–water partition coefficient (Wildman–Crippen LogP) is 5.60. The van der Waals surface area contributed by atoms with Crippen LogP contribution in [-0.2, 0) is 24.3 Å². The number of carbonyl (C=O) groups is 1. The Morgan fingerprint density at radius 3 is 2.30 bits per heavy atom. The van der Waals surface area contributed by atoms with Gasteiger partial charge in [0.25, 0.3) is 5.91 Å². The number of methoxy groups -OCH3 is 3. The first kappa shape index (κ1) is 28.1. The van der Waals surface area contributed by atoms with Crippen LogP contribution in [0.1, 0.15) is 16.8 Å². The highest BCUT2D eigenvalue weighted by atomic mass is 16.5. The Bertz CT molecular complexity index is 1730. The van der Waals surface area contributed by atoms with Crippen molar-refractivity contribution in [2.24, 2.45) is 0 Å². The van der Waals surface area contributed by atoms with Crippen LogP contribution in [0.2, 0.25) is 0 Å². The number of carbonyl (C=O) groups excluding carboxylic acids is 1. The van der Waals surface area contributed by atoms with Gasteiger partial charge in [-0.1, -0.05) is 18.2 Å². The third-order valence-electron chi connectivity index (χ3n) is 7.67. The van der Waals surface area contributed by atoms with Gasteiger partial charge in [-0.15, -0.1) is 0 Å². The van der Waals surface area contributed by atoms with E-state index in [1.54, 1.807) is 45.6 Å². The van der Waals surface area contributed by atoms with E-state index >= 15 is 0 Å². The summed E-state index contributed by atoms with van der Waals surface area (Å²) in [5.74, 6) is 2.60. The molecule has 0 saturated heterocycles. The molecule has 1 aliphatic rings. The maximum atomic E-state index is 12.5. The maximum absolute atomic E-state index is 12.5. The third-order valence-corrected chi connectivity index (χ3v) is 7.67. The largest absolute Gasteiger partial charge is 0.497 e. The molecule has 1 aliphatic heterocycles. The smallest absolute Gasteiger partial charge is 0.262 e. The van der Waals surface area contributed by atoms with Gasteiger partial charge in [0.2, 0.25) is 0 Å². The number of imidazole rings is 1. The first-order valence-corrected chi connectivity index (χ1v) is 14.1. The normalized spacial score (nSPS) is 12.9. The fourth-order valence-corrected chi connectivity index (χ4v) is 5.45. The summed E-state index contributed by atoms with van der Waals surface area (Å²) >= 11 is 0. The Labute approximate surface area is 250 Å². The van der Waals surface area contributed by atoms with Crippen molar-refractivity contribution in [3.63, 3.8) is 0 Å². The van der Waals surface area contributed by atoms with Crippen molar-refractivity contribution in [3.8, 4) is 34.3 Å². The molecule has 0 unspecified atom stereocenters. The lowest BCUT2D eigenvalue weighted by Crippen LogP contribution is -2.30. The number of amides is 1. The van der Waals surface area contributed by atoms with Crippen LogP contribution in [0.4, 0.5) is 5.69 Å². The van der Waals surface area contributed by atoms with Crippen LogP contribution in [0.15, 0.2) is 85.1 Å². The molecule has 0 aliphatic carbocycles. The molecule has 9 heteroatoms. The average Bonchev–Trinajstić information content (AvgIpc) is 3.41. The molecule has 5 aromatic rings. The quantitative estimate of drug-likeness (QED) is 0.231. The van der Waals surface area contributed by atoms with E-state index in [1.807, 2.05) is 42.5 Å². The second-order valence-electron chi connectivity index (χ2n) is 10.4. The van der Waals surface area contributed by atoms with E-state index in [4.69, 9.17) is 23.9 Å². The van der Waals surface area contributed by atoms with Crippen molar-refractivity contribution >= 4 is 17.2 Å². The monoisotopic (exact) mass is 578 g/mol. The molecular formula is C34H34N4O5. The minimum atomic E-state index is -0.239. The lowest BCUT2D eigenvalue weighted by atomic mass is 9.98. The molecule has 43 heavy (non-hydrogen) atoms. The molecule has 9 nitrogen and oxygen atoms in total. The van der Waals surface area contributed by atoms with Gasteiger partial charge in [0.05, 0.1) is 32.7 Å². The topological polar surface area (TPSA) is 86.6 Å². The fraction of sp³-hybridized carbons (Fsp3) is 0.235. The average molecular weight is 579 g/mol. The number of hydrogen-bond donors (Lipinski definition) is 1. The van der Waals surface area contributed by atoms with E-state index in [1.165, 1.54) is 11.1 Å². The number of pyridine rings is 1. The molecule has 0 atom stereocenters. The van der Waals surface area contributed by atoms with E-state index < -0.39 is 0 Å². The van der Waals surface area contributed by atoms with Crippen LogP contribution in [0, 0.1) is 0 Å². The van der Waals surface area contributed by atoms with Crippen LogP contribution in [0.25, 0.3) is 16.9 Å². The summed E-state index contributed by atoms with van der Waals surface area (Å²) in [6, 6.07) is 25.1. The highest BCUT2D eigenvalue weighted by Gasteiger charge is 2.23. The van der Waals surface area contributed by atoms with Gasteiger partial charge in [-0.25, -0.2) is 4.98 Å². The van der Waals surface area contributed by atoms with Crippen molar-refractivity contribution in [3.05, 3.63) is 102 Å². The van der Waals surface area contributed by atoms with Crippen LogP contribution in [0.5, 0.6) is 23.0 Å². The van der Waals surface area contributed by atoms with Crippen molar-refractivity contribution in [2.45, 2.75) is 19.5 Å². The molecule has 1 amide bonds. The molecule has 0 spiro atoms. The summed E-state index contributed by atoms with van der Waals surface area (Å²) in [4.78, 5) is 20.0. The standard InChI is InChI=1S/C34H34N4O5/c1-40-27-11-13-28(14-12-27)43-22-33(39)35-26-9-7-23(8-10-26)34-29(38-16-5-4-6-32(38)36-34)21-37-17-15-24-18-30(41-2)31(42-3)19-25(24)20-37/h4-14,16,18-19H,15,17,20-22H2,1-3H3,(H,35,39). The number of anilines is 1. The van der Waals surface area contributed by atoms with Crippen LogP contribution < -0.4 is 24.3 Å². The minimum absolute atomic E-state index is 0.0950. The van der Waals surface area contributed by atoms with Crippen LogP contribution in [0.3, 0.4) is 0 Å². The molecule has 1 N–H and O–H groups in total. The van der Waals surface area contributed by atoms with Gasteiger partial charge in [0, 0.05) is 37.1 Å². The number of benzene rings is 3. The SMILES string of the molecule is COc1ccc(OCC(=O)Nc2ccc(-c3nc4ccccn4c3CN3CCc4cc(OC)c(OC)cc4C3)cc2)cc1. The Morgan fingerprint density at radius 2 is 1.58 bits per heavy atom. The molecule has 6 rings (SSSR count). The van der Waals surface area contributed by atoms with E-state index in [2.05, 4.69) is 32.9 Å². The van der Waals surface area contributed by atoms with Crippen LogP contribution in [-0.4, -0.2) is 54.7 Å². The van der Waals surface area contributed by atoms with E-state index in [0.717, 1.165) is 65.9 Å². The second-order valence-corrected chi connectivity index (χ2v) is 10.4. The number of nitrogens with zero attached hydrogens (tertiary/aromatic N) is 3. The summed E-state index contributed by atoms with van der Waals surface area (Å²) < 4.78 is 24.0. The van der Waals surface area contributed by atoms with Gasteiger partial charge in [0.15, 0.2) is 18.1 Å². The van der Waals surface area contributed by atoms with E-state index in [0.29, 0.717) is 11.4 Å². The van der Waals surface area contributed by atoms with Crippen molar-refractivity contribution in [1.29, 1.82) is 0 Å². The molecule has 0 bridgehead atoms. The second kappa shape index (κ2) is 12.5. The third kappa shape index (κ3) is 6.12. The molecule has 2 aromatic heterocycles. The molecule has 3 aromatic carbocycles. The highest BCUT2D eigenvalue weighted by Crippen LogP contribution is 2.34. The van der Waals surface area contributed by atoms with E-state index in [9.17, 15) is 4.79 Å². The Kier molecular flexibility index (Phi) is 8.15. The van der Waals surface area contributed by atoms with Gasteiger partial charge in [-0.05, 0) is 78.2 Å². The number of ether oxygens (including phenoxy) is 4. The lowest BCUT2D eigenvalue weighted by molar-refractivity contribution is -0.118. The summed E-state index contributed by atoms with van der Waals surface area (Å²) in [6.07, 6.45) is 2.99. The van der Waals surface area contributed by atoms with E-state index in [-0.39, 0.29) is 12.5 Å². The van der Waals surface area contributed by atoms with Gasteiger partial charge >= 0.3 is 0 Å². The van der Waals surface area contributed by atoms with Gasteiger partial charge in [-0.3, -0.25) is 9.69 Å². The van der Waals surface area contributed by atoms with Gasteiger partial charge in [-0.2, -0.15) is 0 Å². The summed E-state index contributed by atoms with van der Waals surface area (Å²) in [7, 11) is 4.95. The Morgan fingerprint density at radius 1 is 0.860 bits per heavy atom.